The molecule has 118 valence electrons. The number of rotatable bonds is 5. The molecule has 1 aliphatic carbocycles. The second-order valence-corrected chi connectivity index (χ2v) is 5.25. The molecule has 0 amide bonds. The van der Waals surface area contributed by atoms with Crippen molar-refractivity contribution in [2.45, 2.75) is 6.92 Å². The average molecular weight is 309 g/mol. The summed E-state index contributed by atoms with van der Waals surface area (Å²) in [4.78, 5) is 12.9. The summed E-state index contributed by atoms with van der Waals surface area (Å²) in [5, 5.41) is 3.33. The van der Waals surface area contributed by atoms with Gasteiger partial charge in [0, 0.05) is 17.7 Å². The molecule has 0 saturated carbocycles. The van der Waals surface area contributed by atoms with Gasteiger partial charge in [-0.3, -0.25) is 4.79 Å². The van der Waals surface area contributed by atoms with Crippen LogP contribution in [0.15, 0.2) is 42.5 Å². The molecule has 0 radical (unpaired) electrons. The molecule has 1 aliphatic rings. The number of allylic oxidation sites excluding steroid dienone is 1. The van der Waals surface area contributed by atoms with Crippen LogP contribution in [-0.2, 0) is 0 Å². The van der Waals surface area contributed by atoms with E-state index in [9.17, 15) is 4.79 Å². The van der Waals surface area contributed by atoms with E-state index >= 15 is 0 Å². The Kier molecular flexibility index (Phi) is 4.06. The maximum atomic E-state index is 12.9. The van der Waals surface area contributed by atoms with E-state index in [4.69, 9.17) is 9.47 Å². The second kappa shape index (κ2) is 6.16. The molecule has 2 aromatic carbocycles. The van der Waals surface area contributed by atoms with Crippen molar-refractivity contribution in [3.05, 3.63) is 59.2 Å². The maximum absolute atomic E-state index is 12.9. The molecule has 1 N–H and O–H groups in total. The standard InChI is InChI=1S/C19H19NO3/c1-4-20-18-15-10-9-14(23-3)11-16(15)19(21)17(18)12-5-7-13(22-2)8-6-12/h5-11,20H,4H2,1-3H3. The van der Waals surface area contributed by atoms with Gasteiger partial charge in [0.2, 0.25) is 0 Å². The molecule has 0 unspecified atom stereocenters. The smallest absolute Gasteiger partial charge is 0.196 e. The molecule has 4 nitrogen and oxygen atoms in total. The summed E-state index contributed by atoms with van der Waals surface area (Å²) in [7, 11) is 3.23. The molecule has 4 heteroatoms. The Morgan fingerprint density at radius 3 is 2.17 bits per heavy atom. The monoisotopic (exact) mass is 309 g/mol. The highest BCUT2D eigenvalue weighted by Gasteiger charge is 2.30. The first-order valence-corrected chi connectivity index (χ1v) is 7.55. The van der Waals surface area contributed by atoms with E-state index in [1.807, 2.05) is 43.3 Å². The summed E-state index contributed by atoms with van der Waals surface area (Å²) >= 11 is 0. The van der Waals surface area contributed by atoms with Crippen molar-refractivity contribution in [3.63, 3.8) is 0 Å². The predicted octanol–water partition coefficient (Wildman–Crippen LogP) is 3.38. The summed E-state index contributed by atoms with van der Waals surface area (Å²) in [5.41, 5.74) is 4.04. The highest BCUT2D eigenvalue weighted by atomic mass is 16.5. The van der Waals surface area contributed by atoms with Gasteiger partial charge in [-0.1, -0.05) is 12.1 Å². The molecule has 0 heterocycles. The Morgan fingerprint density at radius 2 is 1.57 bits per heavy atom. The number of fused-ring (bicyclic) bond motifs is 1. The van der Waals surface area contributed by atoms with Gasteiger partial charge in [-0.15, -0.1) is 0 Å². The number of hydrogen-bond donors (Lipinski definition) is 1. The number of methoxy groups -OCH3 is 2. The largest absolute Gasteiger partial charge is 0.497 e. The van der Waals surface area contributed by atoms with Gasteiger partial charge in [-0.05, 0) is 42.8 Å². The van der Waals surface area contributed by atoms with Gasteiger partial charge in [-0.25, -0.2) is 0 Å². The molecule has 2 aromatic rings. The third kappa shape index (κ3) is 2.57. The van der Waals surface area contributed by atoms with Gasteiger partial charge in [-0.2, -0.15) is 0 Å². The molecular weight excluding hydrogens is 290 g/mol. The number of benzene rings is 2. The number of carbonyl (C=O) groups excluding carboxylic acids is 1. The molecule has 3 rings (SSSR count). The fourth-order valence-electron chi connectivity index (χ4n) is 2.83. The minimum atomic E-state index is 0.0139. The maximum Gasteiger partial charge on any atom is 0.196 e. The number of ketones is 1. The van der Waals surface area contributed by atoms with Crippen LogP contribution in [-0.4, -0.2) is 26.5 Å². The normalized spacial score (nSPS) is 13.1. The highest BCUT2D eigenvalue weighted by molar-refractivity contribution is 6.39. The Morgan fingerprint density at radius 1 is 0.913 bits per heavy atom. The molecule has 0 spiro atoms. The van der Waals surface area contributed by atoms with Crippen LogP contribution in [0.4, 0.5) is 0 Å². The van der Waals surface area contributed by atoms with Crippen molar-refractivity contribution in [1.82, 2.24) is 5.32 Å². The van der Waals surface area contributed by atoms with Crippen LogP contribution in [0.5, 0.6) is 11.5 Å². The Hall–Kier alpha value is -2.75. The van der Waals surface area contributed by atoms with Gasteiger partial charge in [0.05, 0.1) is 25.5 Å². The zero-order valence-electron chi connectivity index (χ0n) is 13.5. The van der Waals surface area contributed by atoms with Crippen molar-refractivity contribution in [2.24, 2.45) is 0 Å². The molecule has 0 aromatic heterocycles. The Labute approximate surface area is 135 Å². The van der Waals surface area contributed by atoms with Crippen LogP contribution in [0.25, 0.3) is 11.3 Å². The van der Waals surface area contributed by atoms with Crippen LogP contribution in [0.1, 0.15) is 28.4 Å². The Bertz CT molecular complexity index is 776. The fourth-order valence-corrected chi connectivity index (χ4v) is 2.83. The minimum absolute atomic E-state index is 0.0139. The van der Waals surface area contributed by atoms with Crippen molar-refractivity contribution in [2.75, 3.05) is 20.8 Å². The molecule has 0 fully saturated rings. The first-order chi connectivity index (χ1) is 11.2. The van der Waals surface area contributed by atoms with Crippen molar-refractivity contribution < 1.29 is 14.3 Å². The molecule has 0 saturated heterocycles. The van der Waals surface area contributed by atoms with Crippen molar-refractivity contribution in [1.29, 1.82) is 0 Å². The Balaban J connectivity index is 2.12. The topological polar surface area (TPSA) is 47.6 Å². The van der Waals surface area contributed by atoms with E-state index in [2.05, 4.69) is 5.32 Å². The molecule has 23 heavy (non-hydrogen) atoms. The molecular formula is C19H19NO3. The van der Waals surface area contributed by atoms with Gasteiger partial charge in [0.25, 0.3) is 0 Å². The highest BCUT2D eigenvalue weighted by Crippen LogP contribution is 2.38. The van der Waals surface area contributed by atoms with Gasteiger partial charge < -0.3 is 14.8 Å². The van der Waals surface area contributed by atoms with Crippen LogP contribution in [0, 0.1) is 0 Å². The van der Waals surface area contributed by atoms with Crippen LogP contribution < -0.4 is 14.8 Å². The number of Topliss-reactive ketones (excluding diaryl/α,β-unsaturated/α-hetero) is 1. The number of ether oxygens (including phenoxy) is 2. The van der Waals surface area contributed by atoms with E-state index in [1.165, 1.54) is 0 Å². The average Bonchev–Trinajstić information content (AvgIpc) is 2.87. The van der Waals surface area contributed by atoms with Crippen molar-refractivity contribution in [3.8, 4) is 11.5 Å². The summed E-state index contributed by atoms with van der Waals surface area (Å²) in [5.74, 6) is 1.47. The lowest BCUT2D eigenvalue weighted by molar-refractivity contribution is 0.105. The molecule has 0 aliphatic heterocycles. The number of nitrogens with one attached hydrogen (secondary N) is 1. The summed E-state index contributed by atoms with van der Waals surface area (Å²) < 4.78 is 10.4. The third-order valence-corrected chi connectivity index (χ3v) is 3.95. The first kappa shape index (κ1) is 15.2. The van der Waals surface area contributed by atoms with Gasteiger partial charge >= 0.3 is 0 Å². The van der Waals surface area contributed by atoms with E-state index in [-0.39, 0.29) is 5.78 Å². The van der Waals surface area contributed by atoms with E-state index in [0.29, 0.717) is 16.9 Å². The van der Waals surface area contributed by atoms with E-state index in [0.717, 1.165) is 29.1 Å². The molecule has 0 bridgehead atoms. The van der Waals surface area contributed by atoms with Crippen molar-refractivity contribution >= 4 is 17.1 Å². The van der Waals surface area contributed by atoms with Gasteiger partial charge in [0.1, 0.15) is 11.5 Å². The lowest BCUT2D eigenvalue weighted by atomic mass is 10.0. The number of hydrogen-bond acceptors (Lipinski definition) is 4. The SMILES string of the molecule is CCNC1=C(c2ccc(OC)cc2)C(=O)c2cc(OC)ccc21. The lowest BCUT2D eigenvalue weighted by Crippen LogP contribution is -2.11. The predicted molar refractivity (Wildman–Crippen MR) is 90.8 cm³/mol. The van der Waals surface area contributed by atoms with E-state index < -0.39 is 0 Å². The summed E-state index contributed by atoms with van der Waals surface area (Å²) in [6, 6.07) is 13.1. The van der Waals surface area contributed by atoms with Gasteiger partial charge in [0.15, 0.2) is 5.78 Å². The van der Waals surface area contributed by atoms with E-state index in [1.54, 1.807) is 20.3 Å². The lowest BCUT2D eigenvalue weighted by Gasteiger charge is -2.10. The summed E-state index contributed by atoms with van der Waals surface area (Å²) in [6.07, 6.45) is 0. The quantitative estimate of drug-likeness (QED) is 0.920. The third-order valence-electron chi connectivity index (χ3n) is 3.95. The minimum Gasteiger partial charge on any atom is -0.497 e. The van der Waals surface area contributed by atoms with Crippen LogP contribution in [0.2, 0.25) is 0 Å². The first-order valence-electron chi connectivity index (χ1n) is 7.55. The zero-order valence-corrected chi connectivity index (χ0v) is 13.5. The fraction of sp³-hybridized carbons (Fsp3) is 0.211. The van der Waals surface area contributed by atoms with Crippen LogP contribution in [0.3, 0.4) is 0 Å². The number of carbonyl (C=O) groups is 1. The molecule has 0 atom stereocenters. The summed E-state index contributed by atoms with van der Waals surface area (Å²) in [6.45, 7) is 2.76. The zero-order chi connectivity index (χ0) is 16.4. The van der Waals surface area contributed by atoms with Crippen LogP contribution >= 0.6 is 0 Å². The second-order valence-electron chi connectivity index (χ2n) is 5.25.